The van der Waals surface area contributed by atoms with Crippen molar-refractivity contribution in [3.05, 3.63) is 10.6 Å². The minimum Gasteiger partial charge on any atom is -0.307 e. The summed E-state index contributed by atoms with van der Waals surface area (Å²) in [6, 6.07) is 0. The van der Waals surface area contributed by atoms with Gasteiger partial charge >= 0.3 is 0 Å². The number of aromatic nitrogens is 2. The Morgan fingerprint density at radius 1 is 1.53 bits per heavy atom. The van der Waals surface area contributed by atoms with E-state index in [0.717, 1.165) is 17.0 Å². The average Bonchev–Trinajstić information content (AvgIpc) is 2.60. The molecule has 1 heterocycles. The van der Waals surface area contributed by atoms with Crippen LogP contribution in [-0.4, -0.2) is 21.0 Å². The van der Waals surface area contributed by atoms with Gasteiger partial charge in [-0.1, -0.05) is 11.4 Å². The fourth-order valence-electron chi connectivity index (χ4n) is 1.10. The Morgan fingerprint density at radius 2 is 2.20 bits per heavy atom. The molecule has 0 atom stereocenters. The van der Waals surface area contributed by atoms with Crippen LogP contribution in [0.3, 0.4) is 0 Å². The van der Waals surface area contributed by atoms with Crippen molar-refractivity contribution >= 4 is 17.4 Å². The smallest absolute Gasteiger partial charge is 0.156 e. The molecule has 1 rings (SSSR count). The lowest BCUT2D eigenvalue weighted by Gasteiger charge is -2.14. The van der Waals surface area contributed by atoms with E-state index >= 15 is 0 Å². The van der Waals surface area contributed by atoms with Gasteiger partial charge in [0.05, 0.1) is 11.2 Å². The highest BCUT2D eigenvalue weighted by atomic mass is 32.1. The summed E-state index contributed by atoms with van der Waals surface area (Å²) in [7, 11) is 0. The molecule has 0 aliphatic carbocycles. The van der Waals surface area contributed by atoms with Crippen LogP contribution in [0.2, 0.25) is 0 Å². The predicted octanol–water partition coefficient (Wildman–Crippen LogP) is 1.11. The van der Waals surface area contributed by atoms with Crippen molar-refractivity contribution in [2.75, 3.05) is 0 Å². The molecule has 5 nitrogen and oxygen atoms in total. The zero-order valence-corrected chi connectivity index (χ0v) is 10.4. The molecule has 84 valence electrons. The fourth-order valence-corrected chi connectivity index (χ4v) is 1.81. The molecule has 0 fully saturated rings. The summed E-state index contributed by atoms with van der Waals surface area (Å²) in [5.41, 5.74) is 3.38. The summed E-state index contributed by atoms with van der Waals surface area (Å²) in [6.07, 6.45) is 0.830. The molecular formula is C9H17N5S. The van der Waals surface area contributed by atoms with Crippen LogP contribution in [0.4, 0.5) is 0 Å². The lowest BCUT2D eigenvalue weighted by atomic mass is 10.1. The minimum absolute atomic E-state index is 0.170. The van der Waals surface area contributed by atoms with E-state index in [9.17, 15) is 0 Å². The van der Waals surface area contributed by atoms with Crippen molar-refractivity contribution in [1.29, 1.82) is 0 Å². The second-order valence-electron chi connectivity index (χ2n) is 4.18. The van der Waals surface area contributed by atoms with Gasteiger partial charge in [0.25, 0.3) is 0 Å². The maximum absolute atomic E-state index is 5.47. The number of hydrogen-bond donors (Lipinski definition) is 2. The van der Waals surface area contributed by atoms with Crippen LogP contribution in [0.1, 0.15) is 38.3 Å². The SMILES string of the molecule is CCc1nnsc1C(=NC(C)(C)C)NN. The standard InChI is InChI=1S/C9H17N5S/c1-5-6-7(15-14-13-6)8(12-10)11-9(2,3)4/h5,10H2,1-4H3,(H,11,12). The van der Waals surface area contributed by atoms with Gasteiger partial charge in [0.1, 0.15) is 4.88 Å². The topological polar surface area (TPSA) is 76.2 Å². The van der Waals surface area contributed by atoms with Crippen molar-refractivity contribution in [3.63, 3.8) is 0 Å². The van der Waals surface area contributed by atoms with Gasteiger partial charge in [0.15, 0.2) is 5.84 Å². The molecule has 0 bridgehead atoms. The van der Waals surface area contributed by atoms with Gasteiger partial charge < -0.3 is 5.43 Å². The molecule has 0 saturated carbocycles. The van der Waals surface area contributed by atoms with E-state index in [2.05, 4.69) is 20.0 Å². The molecule has 3 N–H and O–H groups in total. The Bertz CT molecular complexity index is 350. The van der Waals surface area contributed by atoms with Crippen LogP contribution in [0, 0.1) is 0 Å². The Labute approximate surface area is 93.9 Å². The van der Waals surface area contributed by atoms with E-state index in [-0.39, 0.29) is 5.54 Å². The summed E-state index contributed by atoms with van der Waals surface area (Å²) in [5, 5.41) is 4.03. The third-order valence-corrected chi connectivity index (χ3v) is 2.46. The van der Waals surface area contributed by atoms with Crippen LogP contribution in [-0.2, 0) is 6.42 Å². The van der Waals surface area contributed by atoms with Crippen LogP contribution in [0.25, 0.3) is 0 Å². The third kappa shape index (κ3) is 3.24. The largest absolute Gasteiger partial charge is 0.307 e. The molecular weight excluding hydrogens is 210 g/mol. The number of aliphatic imine (C=N–C) groups is 1. The van der Waals surface area contributed by atoms with E-state index in [0.29, 0.717) is 5.84 Å². The van der Waals surface area contributed by atoms with Gasteiger partial charge in [0, 0.05) is 0 Å². The first-order valence-corrected chi connectivity index (χ1v) is 5.63. The number of rotatable bonds is 2. The van der Waals surface area contributed by atoms with E-state index in [1.165, 1.54) is 11.5 Å². The average molecular weight is 227 g/mol. The highest BCUT2D eigenvalue weighted by molar-refractivity contribution is 7.08. The number of nitrogens with one attached hydrogen (secondary N) is 1. The quantitative estimate of drug-likeness (QED) is 0.343. The van der Waals surface area contributed by atoms with Crippen molar-refractivity contribution in [3.8, 4) is 0 Å². The van der Waals surface area contributed by atoms with Crippen molar-refractivity contribution in [1.82, 2.24) is 15.0 Å². The van der Waals surface area contributed by atoms with Crippen molar-refractivity contribution in [2.45, 2.75) is 39.7 Å². The zero-order valence-electron chi connectivity index (χ0n) is 9.53. The first-order valence-electron chi connectivity index (χ1n) is 4.86. The molecule has 0 saturated heterocycles. The molecule has 0 spiro atoms. The summed E-state index contributed by atoms with van der Waals surface area (Å²) in [4.78, 5) is 5.42. The van der Waals surface area contributed by atoms with Gasteiger partial charge in [-0.15, -0.1) is 5.10 Å². The lowest BCUT2D eigenvalue weighted by molar-refractivity contribution is 0.580. The minimum atomic E-state index is -0.170. The highest BCUT2D eigenvalue weighted by Gasteiger charge is 2.16. The summed E-state index contributed by atoms with van der Waals surface area (Å²) >= 11 is 1.31. The number of aryl methyl sites for hydroxylation is 1. The van der Waals surface area contributed by atoms with E-state index in [1.54, 1.807) is 0 Å². The molecule has 0 radical (unpaired) electrons. The number of hydrogen-bond acceptors (Lipinski definition) is 5. The highest BCUT2D eigenvalue weighted by Crippen LogP contribution is 2.15. The molecule has 6 heteroatoms. The Morgan fingerprint density at radius 3 is 2.67 bits per heavy atom. The molecule has 0 aliphatic heterocycles. The van der Waals surface area contributed by atoms with Gasteiger partial charge in [-0.2, -0.15) is 0 Å². The van der Waals surface area contributed by atoms with Crippen molar-refractivity contribution in [2.24, 2.45) is 10.8 Å². The second-order valence-corrected chi connectivity index (χ2v) is 4.93. The van der Waals surface area contributed by atoms with Crippen LogP contribution < -0.4 is 11.3 Å². The van der Waals surface area contributed by atoms with Gasteiger partial charge in [0.2, 0.25) is 0 Å². The maximum Gasteiger partial charge on any atom is 0.156 e. The fraction of sp³-hybridized carbons (Fsp3) is 0.667. The van der Waals surface area contributed by atoms with Gasteiger partial charge in [-0.3, -0.25) is 4.99 Å². The zero-order chi connectivity index (χ0) is 11.5. The predicted molar refractivity (Wildman–Crippen MR) is 62.9 cm³/mol. The van der Waals surface area contributed by atoms with E-state index in [4.69, 9.17) is 5.84 Å². The monoisotopic (exact) mass is 227 g/mol. The number of amidine groups is 1. The van der Waals surface area contributed by atoms with E-state index in [1.807, 2.05) is 27.7 Å². The van der Waals surface area contributed by atoms with E-state index < -0.39 is 0 Å². The second kappa shape index (κ2) is 4.67. The maximum atomic E-state index is 5.47. The number of hydrazine groups is 1. The molecule has 0 amide bonds. The molecule has 0 aliphatic rings. The number of nitrogens with two attached hydrogens (primary N) is 1. The summed E-state index contributed by atoms with van der Waals surface area (Å²) in [5.74, 6) is 6.13. The first-order chi connectivity index (χ1) is 6.98. The van der Waals surface area contributed by atoms with Crippen molar-refractivity contribution < 1.29 is 0 Å². The van der Waals surface area contributed by atoms with Crippen LogP contribution in [0.15, 0.2) is 4.99 Å². The molecule has 0 aromatic carbocycles. The molecule has 1 aromatic rings. The Balaban J connectivity index is 3.08. The Hall–Kier alpha value is -1.01. The normalized spacial score (nSPS) is 13.0. The van der Waals surface area contributed by atoms with Gasteiger partial charge in [-0.05, 0) is 38.7 Å². The van der Waals surface area contributed by atoms with Crippen LogP contribution >= 0.6 is 11.5 Å². The van der Waals surface area contributed by atoms with Crippen LogP contribution in [0.5, 0.6) is 0 Å². The first kappa shape index (κ1) is 12.1. The Kier molecular flexibility index (Phi) is 3.76. The molecule has 1 aromatic heterocycles. The summed E-state index contributed by atoms with van der Waals surface area (Å²) < 4.78 is 3.91. The number of nitrogens with zero attached hydrogens (tertiary/aromatic N) is 3. The molecule has 0 unspecified atom stereocenters. The lowest BCUT2D eigenvalue weighted by Crippen LogP contribution is -2.33. The third-order valence-electron chi connectivity index (χ3n) is 1.69. The van der Waals surface area contributed by atoms with Gasteiger partial charge in [-0.25, -0.2) is 5.84 Å². The summed E-state index contributed by atoms with van der Waals surface area (Å²) in [6.45, 7) is 8.09. The molecule has 15 heavy (non-hydrogen) atoms.